The van der Waals surface area contributed by atoms with Gasteiger partial charge >= 0.3 is 11.7 Å². The van der Waals surface area contributed by atoms with E-state index in [0.29, 0.717) is 22.1 Å². The van der Waals surface area contributed by atoms with Gasteiger partial charge in [0.05, 0.1) is 30.3 Å². The van der Waals surface area contributed by atoms with E-state index in [1.807, 2.05) is 13.8 Å². The quantitative estimate of drug-likeness (QED) is 0.268. The molecule has 0 spiro atoms. The Balaban J connectivity index is 1.98. The van der Waals surface area contributed by atoms with Gasteiger partial charge in [0.15, 0.2) is 22.9 Å². The molecule has 0 saturated heterocycles. The standard InChI is InChI=1S/C21H19ClN2O7/c1-11(2)30-19-14(22)7-12(9-18(19)29-4)8-15-21(25)31-20(23-15)13-5-6-17(28-3)16(10-13)24(26)27/h5-11H,1-4H3/b15-8-. The van der Waals surface area contributed by atoms with Crippen LogP contribution < -0.4 is 14.2 Å². The molecular formula is C21H19ClN2O7. The molecule has 9 nitrogen and oxygen atoms in total. The number of halogens is 1. The van der Waals surface area contributed by atoms with Gasteiger partial charge in [-0.15, -0.1) is 0 Å². The summed E-state index contributed by atoms with van der Waals surface area (Å²) in [7, 11) is 2.80. The summed E-state index contributed by atoms with van der Waals surface area (Å²) in [5.41, 5.74) is 0.536. The largest absolute Gasteiger partial charge is 0.493 e. The van der Waals surface area contributed by atoms with Gasteiger partial charge in [0.1, 0.15) is 0 Å². The van der Waals surface area contributed by atoms with E-state index >= 15 is 0 Å². The van der Waals surface area contributed by atoms with Gasteiger partial charge in [-0.1, -0.05) is 11.6 Å². The van der Waals surface area contributed by atoms with E-state index in [2.05, 4.69) is 4.99 Å². The molecule has 0 fully saturated rings. The number of carbonyl (C=O) groups is 1. The van der Waals surface area contributed by atoms with Crippen molar-refractivity contribution in [1.82, 2.24) is 0 Å². The van der Waals surface area contributed by atoms with Gasteiger partial charge in [0.2, 0.25) is 5.90 Å². The fourth-order valence-corrected chi connectivity index (χ4v) is 3.09. The van der Waals surface area contributed by atoms with Crippen LogP contribution >= 0.6 is 11.6 Å². The second-order valence-corrected chi connectivity index (χ2v) is 7.09. The molecule has 162 valence electrons. The lowest BCUT2D eigenvalue weighted by Gasteiger charge is -2.15. The molecule has 0 radical (unpaired) electrons. The number of cyclic esters (lactones) is 1. The molecule has 3 rings (SSSR count). The first-order valence-electron chi connectivity index (χ1n) is 9.13. The zero-order chi connectivity index (χ0) is 22.7. The predicted molar refractivity (Wildman–Crippen MR) is 114 cm³/mol. The highest BCUT2D eigenvalue weighted by atomic mass is 35.5. The van der Waals surface area contributed by atoms with Crippen molar-refractivity contribution in [2.75, 3.05) is 14.2 Å². The maximum Gasteiger partial charge on any atom is 0.363 e. The summed E-state index contributed by atoms with van der Waals surface area (Å²) in [5.74, 6) is 0.116. The molecule has 2 aromatic rings. The van der Waals surface area contributed by atoms with Crippen molar-refractivity contribution in [3.05, 3.63) is 62.3 Å². The predicted octanol–water partition coefficient (Wildman–Crippen LogP) is 4.40. The Hall–Kier alpha value is -3.59. The van der Waals surface area contributed by atoms with Gasteiger partial charge in [0, 0.05) is 11.6 Å². The van der Waals surface area contributed by atoms with Gasteiger partial charge in [-0.2, -0.15) is 0 Å². The Kier molecular flexibility index (Phi) is 6.45. The molecule has 2 aromatic carbocycles. The minimum absolute atomic E-state index is 0.00381. The fourth-order valence-electron chi connectivity index (χ4n) is 2.83. The van der Waals surface area contributed by atoms with Gasteiger partial charge in [-0.3, -0.25) is 10.1 Å². The maximum absolute atomic E-state index is 12.3. The molecule has 0 aliphatic carbocycles. The van der Waals surface area contributed by atoms with E-state index in [1.54, 1.807) is 12.1 Å². The third-order valence-corrected chi connectivity index (χ3v) is 4.43. The van der Waals surface area contributed by atoms with Crippen LogP contribution in [-0.4, -0.2) is 37.1 Å². The lowest BCUT2D eigenvalue weighted by atomic mass is 10.1. The molecule has 1 aliphatic rings. The number of benzene rings is 2. The highest BCUT2D eigenvalue weighted by Gasteiger charge is 2.27. The molecule has 0 amide bonds. The number of rotatable bonds is 7. The van der Waals surface area contributed by atoms with Crippen molar-refractivity contribution in [2.45, 2.75) is 20.0 Å². The summed E-state index contributed by atoms with van der Waals surface area (Å²) < 4.78 is 21.2. The van der Waals surface area contributed by atoms with Crippen LogP contribution in [0.4, 0.5) is 5.69 Å². The van der Waals surface area contributed by atoms with Crippen molar-refractivity contribution >= 4 is 35.2 Å². The number of ether oxygens (including phenoxy) is 4. The van der Waals surface area contributed by atoms with E-state index in [9.17, 15) is 14.9 Å². The summed E-state index contributed by atoms with van der Waals surface area (Å²) in [6, 6.07) is 7.40. The van der Waals surface area contributed by atoms with Crippen LogP contribution in [0.2, 0.25) is 5.02 Å². The molecular weight excluding hydrogens is 428 g/mol. The van der Waals surface area contributed by atoms with Crippen LogP contribution in [0, 0.1) is 10.1 Å². The Morgan fingerprint density at radius 2 is 1.87 bits per heavy atom. The normalized spacial score (nSPS) is 14.5. The second-order valence-electron chi connectivity index (χ2n) is 6.68. The zero-order valence-corrected chi connectivity index (χ0v) is 17.9. The number of methoxy groups -OCH3 is 2. The zero-order valence-electron chi connectivity index (χ0n) is 17.2. The molecule has 0 bridgehead atoms. The summed E-state index contributed by atoms with van der Waals surface area (Å²) in [6.07, 6.45) is 1.36. The fraction of sp³-hybridized carbons (Fsp3) is 0.238. The molecule has 10 heteroatoms. The summed E-state index contributed by atoms with van der Waals surface area (Å²) in [4.78, 5) is 27.1. The van der Waals surface area contributed by atoms with Gasteiger partial charge in [-0.05, 0) is 49.8 Å². The molecule has 0 N–H and O–H groups in total. The first-order chi connectivity index (χ1) is 14.7. The number of aliphatic imine (C=N–C) groups is 1. The SMILES string of the molecule is COc1ccc(C2=N/C(=C\c3cc(Cl)c(OC(C)C)c(OC)c3)C(=O)O2)cc1[N+](=O)[O-]. The number of nitro benzene ring substituents is 1. The van der Waals surface area contributed by atoms with Crippen LogP contribution in [-0.2, 0) is 9.53 Å². The minimum atomic E-state index is -0.703. The van der Waals surface area contributed by atoms with Crippen LogP contribution in [0.1, 0.15) is 25.0 Å². The first kappa shape index (κ1) is 22.1. The Morgan fingerprint density at radius 1 is 1.16 bits per heavy atom. The third-order valence-electron chi connectivity index (χ3n) is 4.15. The number of hydrogen-bond acceptors (Lipinski definition) is 8. The molecule has 31 heavy (non-hydrogen) atoms. The second kappa shape index (κ2) is 9.05. The number of nitro groups is 1. The molecule has 0 aromatic heterocycles. The average molecular weight is 447 g/mol. The van der Waals surface area contributed by atoms with Crippen LogP contribution in [0.15, 0.2) is 41.0 Å². The topological polar surface area (TPSA) is 109 Å². The monoisotopic (exact) mass is 446 g/mol. The Bertz CT molecular complexity index is 1110. The molecule has 1 heterocycles. The average Bonchev–Trinajstić information content (AvgIpc) is 3.09. The Morgan fingerprint density at radius 3 is 2.48 bits per heavy atom. The molecule has 0 atom stereocenters. The van der Waals surface area contributed by atoms with Crippen LogP contribution in [0.5, 0.6) is 17.2 Å². The maximum atomic E-state index is 12.3. The van der Waals surface area contributed by atoms with Gasteiger partial charge in [-0.25, -0.2) is 9.79 Å². The van der Waals surface area contributed by atoms with Crippen molar-refractivity contribution < 1.29 is 28.7 Å². The van der Waals surface area contributed by atoms with E-state index in [4.69, 9.17) is 30.5 Å². The van der Waals surface area contributed by atoms with Crippen LogP contribution in [0.3, 0.4) is 0 Å². The first-order valence-corrected chi connectivity index (χ1v) is 9.50. The van der Waals surface area contributed by atoms with E-state index in [1.165, 1.54) is 38.5 Å². The highest BCUT2D eigenvalue weighted by Crippen LogP contribution is 2.38. The number of carbonyl (C=O) groups excluding carboxylic acids is 1. The number of hydrogen-bond donors (Lipinski definition) is 0. The lowest BCUT2D eigenvalue weighted by Crippen LogP contribution is -2.07. The van der Waals surface area contributed by atoms with Crippen molar-refractivity contribution in [3.63, 3.8) is 0 Å². The van der Waals surface area contributed by atoms with E-state index in [-0.39, 0.29) is 34.7 Å². The smallest absolute Gasteiger partial charge is 0.363 e. The summed E-state index contributed by atoms with van der Waals surface area (Å²) in [5, 5.41) is 11.5. The van der Waals surface area contributed by atoms with E-state index in [0.717, 1.165) is 0 Å². The third kappa shape index (κ3) is 4.77. The minimum Gasteiger partial charge on any atom is -0.493 e. The van der Waals surface area contributed by atoms with Crippen LogP contribution in [0.25, 0.3) is 6.08 Å². The molecule has 0 unspecified atom stereocenters. The van der Waals surface area contributed by atoms with Crippen molar-refractivity contribution in [3.8, 4) is 17.2 Å². The summed E-state index contributed by atoms with van der Waals surface area (Å²) in [6.45, 7) is 3.72. The Labute approximate surface area is 183 Å². The highest BCUT2D eigenvalue weighted by molar-refractivity contribution is 6.32. The van der Waals surface area contributed by atoms with Gasteiger partial charge in [0.25, 0.3) is 0 Å². The van der Waals surface area contributed by atoms with Gasteiger partial charge < -0.3 is 18.9 Å². The molecule has 0 saturated carbocycles. The van der Waals surface area contributed by atoms with Crippen molar-refractivity contribution in [1.29, 1.82) is 0 Å². The summed E-state index contributed by atoms with van der Waals surface area (Å²) >= 11 is 6.32. The van der Waals surface area contributed by atoms with E-state index < -0.39 is 10.9 Å². The number of nitrogens with zero attached hydrogens (tertiary/aromatic N) is 2. The lowest BCUT2D eigenvalue weighted by molar-refractivity contribution is -0.385. The van der Waals surface area contributed by atoms with Crippen molar-refractivity contribution in [2.24, 2.45) is 4.99 Å². The number of esters is 1. The molecule has 1 aliphatic heterocycles.